The Morgan fingerprint density at radius 1 is 1.07 bits per heavy atom. The first-order valence-electron chi connectivity index (χ1n) is 8.98. The van der Waals surface area contributed by atoms with Crippen molar-refractivity contribution in [2.24, 2.45) is 0 Å². The molecule has 3 rings (SSSR count). The van der Waals surface area contributed by atoms with Gasteiger partial charge in [-0.2, -0.15) is 0 Å². The molecule has 1 heterocycles. The van der Waals surface area contributed by atoms with Gasteiger partial charge in [0.25, 0.3) is 0 Å². The predicted molar refractivity (Wildman–Crippen MR) is 109 cm³/mol. The van der Waals surface area contributed by atoms with E-state index in [9.17, 15) is 4.79 Å². The first-order chi connectivity index (χ1) is 13.0. The van der Waals surface area contributed by atoms with E-state index in [1.54, 1.807) is 6.33 Å². The second-order valence-electron chi connectivity index (χ2n) is 6.73. The number of thioether (sulfide) groups is 1. The second kappa shape index (κ2) is 8.86. The quantitative estimate of drug-likeness (QED) is 0.625. The van der Waals surface area contributed by atoms with E-state index in [1.807, 2.05) is 34.9 Å². The number of aromatic nitrogens is 3. The Bertz CT molecular complexity index is 875. The Kier molecular flexibility index (Phi) is 6.29. The monoisotopic (exact) mass is 380 g/mol. The summed E-state index contributed by atoms with van der Waals surface area (Å²) >= 11 is 1.40. The van der Waals surface area contributed by atoms with Crippen LogP contribution in [0.5, 0.6) is 0 Å². The SMILES string of the molecule is Cc1ccc(C(NC(=O)CSc2nncn2C(C)C)c2ccccc2)cc1. The lowest BCUT2D eigenvalue weighted by molar-refractivity contribution is -0.119. The van der Waals surface area contributed by atoms with Crippen molar-refractivity contribution in [1.29, 1.82) is 0 Å². The molecule has 27 heavy (non-hydrogen) atoms. The van der Waals surface area contributed by atoms with Crippen molar-refractivity contribution >= 4 is 17.7 Å². The van der Waals surface area contributed by atoms with Gasteiger partial charge in [-0.15, -0.1) is 10.2 Å². The molecule has 0 radical (unpaired) electrons. The van der Waals surface area contributed by atoms with E-state index in [2.05, 4.69) is 60.6 Å². The summed E-state index contributed by atoms with van der Waals surface area (Å²) in [6.07, 6.45) is 1.70. The summed E-state index contributed by atoms with van der Waals surface area (Å²) in [5.41, 5.74) is 3.32. The molecule has 1 unspecified atom stereocenters. The molecule has 1 atom stereocenters. The van der Waals surface area contributed by atoms with E-state index >= 15 is 0 Å². The first kappa shape index (κ1) is 19.2. The average Bonchev–Trinajstić information content (AvgIpc) is 3.15. The maximum absolute atomic E-state index is 12.7. The minimum atomic E-state index is -0.178. The predicted octanol–water partition coefficient (Wildman–Crippen LogP) is 4.17. The zero-order valence-corrected chi connectivity index (χ0v) is 16.6. The largest absolute Gasteiger partial charge is 0.344 e. The fourth-order valence-corrected chi connectivity index (χ4v) is 3.64. The summed E-state index contributed by atoms with van der Waals surface area (Å²) < 4.78 is 1.96. The molecular weight excluding hydrogens is 356 g/mol. The number of nitrogens with zero attached hydrogens (tertiary/aromatic N) is 3. The molecule has 0 saturated heterocycles. The zero-order chi connectivity index (χ0) is 19.2. The summed E-state index contributed by atoms with van der Waals surface area (Å²) in [7, 11) is 0. The summed E-state index contributed by atoms with van der Waals surface area (Å²) in [6.45, 7) is 6.19. The summed E-state index contributed by atoms with van der Waals surface area (Å²) in [4.78, 5) is 12.7. The van der Waals surface area contributed by atoms with Crippen LogP contribution in [0.4, 0.5) is 0 Å². The maximum atomic E-state index is 12.7. The highest BCUT2D eigenvalue weighted by Crippen LogP contribution is 2.23. The van der Waals surface area contributed by atoms with E-state index in [4.69, 9.17) is 0 Å². The van der Waals surface area contributed by atoms with Crippen LogP contribution in [0.25, 0.3) is 0 Å². The van der Waals surface area contributed by atoms with E-state index < -0.39 is 0 Å². The third-order valence-corrected chi connectivity index (χ3v) is 5.24. The van der Waals surface area contributed by atoms with Crippen LogP contribution in [0.3, 0.4) is 0 Å². The van der Waals surface area contributed by atoms with Gasteiger partial charge in [0.05, 0.1) is 11.8 Å². The van der Waals surface area contributed by atoms with Crippen molar-refractivity contribution in [1.82, 2.24) is 20.1 Å². The normalized spacial score (nSPS) is 12.1. The first-order valence-corrected chi connectivity index (χ1v) is 9.96. The molecule has 0 saturated carbocycles. The van der Waals surface area contributed by atoms with Gasteiger partial charge >= 0.3 is 0 Å². The van der Waals surface area contributed by atoms with Crippen LogP contribution in [0, 0.1) is 6.92 Å². The Morgan fingerprint density at radius 2 is 1.74 bits per heavy atom. The summed E-state index contributed by atoms with van der Waals surface area (Å²) in [6, 6.07) is 18.4. The Labute approximate surface area is 164 Å². The van der Waals surface area contributed by atoms with Crippen LogP contribution >= 0.6 is 11.8 Å². The molecule has 0 fully saturated rings. The molecule has 140 valence electrons. The van der Waals surface area contributed by atoms with Crippen LogP contribution in [0.2, 0.25) is 0 Å². The third-order valence-electron chi connectivity index (χ3n) is 4.28. The number of nitrogens with one attached hydrogen (secondary N) is 1. The van der Waals surface area contributed by atoms with Crippen LogP contribution in [0.15, 0.2) is 66.1 Å². The van der Waals surface area contributed by atoms with Crippen molar-refractivity contribution < 1.29 is 4.79 Å². The fourth-order valence-electron chi connectivity index (χ4n) is 2.79. The molecule has 1 N–H and O–H groups in total. The van der Waals surface area contributed by atoms with Crippen molar-refractivity contribution in [3.63, 3.8) is 0 Å². The number of amides is 1. The van der Waals surface area contributed by atoms with E-state index in [-0.39, 0.29) is 18.0 Å². The Morgan fingerprint density at radius 3 is 2.41 bits per heavy atom. The number of aryl methyl sites for hydroxylation is 1. The number of hydrogen-bond donors (Lipinski definition) is 1. The molecule has 0 aliphatic heterocycles. The van der Waals surface area contributed by atoms with E-state index in [0.29, 0.717) is 5.75 Å². The Hall–Kier alpha value is -2.60. The smallest absolute Gasteiger partial charge is 0.231 e. The molecule has 5 nitrogen and oxygen atoms in total. The molecular formula is C21H24N4OS. The lowest BCUT2D eigenvalue weighted by Gasteiger charge is -2.20. The topological polar surface area (TPSA) is 59.8 Å². The van der Waals surface area contributed by atoms with Gasteiger partial charge in [0.2, 0.25) is 5.91 Å². The van der Waals surface area contributed by atoms with Crippen molar-refractivity contribution in [2.45, 2.75) is 38.0 Å². The lowest BCUT2D eigenvalue weighted by atomic mass is 9.98. The van der Waals surface area contributed by atoms with Gasteiger partial charge < -0.3 is 9.88 Å². The van der Waals surface area contributed by atoms with Gasteiger partial charge in [0.1, 0.15) is 6.33 Å². The molecule has 0 spiro atoms. The minimum Gasteiger partial charge on any atom is -0.344 e. The minimum absolute atomic E-state index is 0.0345. The van der Waals surface area contributed by atoms with Crippen molar-refractivity contribution in [2.75, 3.05) is 5.75 Å². The lowest BCUT2D eigenvalue weighted by Crippen LogP contribution is -2.30. The number of carbonyl (C=O) groups excluding carboxylic acids is 1. The van der Waals surface area contributed by atoms with Gasteiger partial charge in [-0.1, -0.05) is 71.9 Å². The fraction of sp³-hybridized carbons (Fsp3) is 0.286. The van der Waals surface area contributed by atoms with Crippen molar-refractivity contribution in [3.05, 3.63) is 77.6 Å². The molecule has 1 aromatic heterocycles. The number of hydrogen-bond acceptors (Lipinski definition) is 4. The highest BCUT2D eigenvalue weighted by atomic mass is 32.2. The summed E-state index contributed by atoms with van der Waals surface area (Å²) in [5, 5.41) is 12.0. The highest BCUT2D eigenvalue weighted by molar-refractivity contribution is 7.99. The van der Waals surface area contributed by atoms with Gasteiger partial charge in [-0.05, 0) is 31.9 Å². The molecule has 0 aliphatic rings. The average molecular weight is 381 g/mol. The summed E-state index contributed by atoms with van der Waals surface area (Å²) in [5.74, 6) is 0.258. The maximum Gasteiger partial charge on any atom is 0.231 e. The van der Waals surface area contributed by atoms with Crippen LogP contribution in [0.1, 0.15) is 42.6 Å². The number of carbonyl (C=O) groups is 1. The second-order valence-corrected chi connectivity index (χ2v) is 7.67. The molecule has 3 aromatic rings. The Balaban J connectivity index is 1.73. The van der Waals surface area contributed by atoms with Crippen molar-refractivity contribution in [3.8, 4) is 0 Å². The van der Waals surface area contributed by atoms with E-state index in [0.717, 1.165) is 16.3 Å². The third kappa shape index (κ3) is 4.98. The van der Waals surface area contributed by atoms with Gasteiger partial charge in [0.15, 0.2) is 5.16 Å². The molecule has 2 aromatic carbocycles. The van der Waals surface area contributed by atoms with Crippen LogP contribution in [-0.2, 0) is 4.79 Å². The van der Waals surface area contributed by atoms with Gasteiger partial charge in [-0.3, -0.25) is 4.79 Å². The number of benzene rings is 2. The van der Waals surface area contributed by atoms with Crippen LogP contribution < -0.4 is 5.32 Å². The van der Waals surface area contributed by atoms with Gasteiger partial charge in [-0.25, -0.2) is 0 Å². The molecule has 0 bridgehead atoms. The number of rotatable bonds is 7. The highest BCUT2D eigenvalue weighted by Gasteiger charge is 2.18. The zero-order valence-electron chi connectivity index (χ0n) is 15.8. The van der Waals surface area contributed by atoms with Gasteiger partial charge in [0, 0.05) is 6.04 Å². The van der Waals surface area contributed by atoms with Crippen LogP contribution in [-0.4, -0.2) is 26.4 Å². The molecule has 1 amide bonds. The standard InChI is InChI=1S/C21H24N4OS/c1-15(2)25-14-22-24-21(25)27-13-19(26)23-20(17-7-5-4-6-8-17)18-11-9-16(3)10-12-18/h4-12,14-15,20H,13H2,1-3H3,(H,23,26). The van der Waals surface area contributed by atoms with E-state index in [1.165, 1.54) is 17.3 Å². The molecule has 0 aliphatic carbocycles. The molecule has 6 heteroatoms.